The Morgan fingerprint density at radius 1 is 1.25 bits per heavy atom. The van der Waals surface area contributed by atoms with Crippen LogP contribution in [0.15, 0.2) is 0 Å². The van der Waals surface area contributed by atoms with Crippen LogP contribution in [0.3, 0.4) is 0 Å². The first-order valence-corrected chi connectivity index (χ1v) is 5.18. The van der Waals surface area contributed by atoms with E-state index in [0.29, 0.717) is 0 Å². The molecule has 0 aromatic carbocycles. The molecule has 12 heavy (non-hydrogen) atoms. The first-order valence-electron chi connectivity index (χ1n) is 5.18. The van der Waals surface area contributed by atoms with Crippen LogP contribution in [0.2, 0.25) is 0 Å². The predicted molar refractivity (Wildman–Crippen MR) is 53.4 cm³/mol. The lowest BCUT2D eigenvalue weighted by atomic mass is 10.1. The van der Waals surface area contributed by atoms with E-state index in [0.717, 1.165) is 5.92 Å². The van der Waals surface area contributed by atoms with Crippen molar-refractivity contribution in [2.24, 2.45) is 5.92 Å². The molecule has 1 N–H and O–H groups in total. The molecule has 1 fully saturated rings. The van der Waals surface area contributed by atoms with E-state index in [1.165, 1.54) is 45.4 Å². The van der Waals surface area contributed by atoms with Gasteiger partial charge in [0.25, 0.3) is 0 Å². The highest BCUT2D eigenvalue weighted by Crippen LogP contribution is 2.04. The van der Waals surface area contributed by atoms with Crippen LogP contribution in [0.4, 0.5) is 0 Å². The van der Waals surface area contributed by atoms with E-state index in [1.807, 2.05) is 0 Å². The normalized spacial score (nSPS) is 30.0. The van der Waals surface area contributed by atoms with Gasteiger partial charge in [0.1, 0.15) is 0 Å². The van der Waals surface area contributed by atoms with Gasteiger partial charge in [0.15, 0.2) is 0 Å². The van der Waals surface area contributed by atoms with Crippen LogP contribution < -0.4 is 5.32 Å². The average molecular weight is 170 g/mol. The fourth-order valence-electron chi connectivity index (χ4n) is 1.63. The molecule has 0 aromatic heterocycles. The maximum absolute atomic E-state index is 3.50. The third-order valence-electron chi connectivity index (χ3n) is 2.64. The van der Waals surface area contributed by atoms with Gasteiger partial charge in [-0.1, -0.05) is 6.92 Å². The molecule has 1 heterocycles. The molecule has 0 aliphatic carbocycles. The van der Waals surface area contributed by atoms with E-state index in [-0.39, 0.29) is 0 Å². The second-order valence-electron chi connectivity index (χ2n) is 4.11. The fourth-order valence-corrected chi connectivity index (χ4v) is 1.63. The Labute approximate surface area is 76.3 Å². The van der Waals surface area contributed by atoms with Crippen LogP contribution in [0.1, 0.15) is 26.2 Å². The van der Waals surface area contributed by atoms with Crippen LogP contribution in [0.5, 0.6) is 0 Å². The number of rotatable bonds is 0. The summed E-state index contributed by atoms with van der Waals surface area (Å²) in [6, 6.07) is 0. The lowest BCUT2D eigenvalue weighted by Gasteiger charge is -2.21. The van der Waals surface area contributed by atoms with Gasteiger partial charge in [0, 0.05) is 0 Å². The molecule has 0 aromatic rings. The van der Waals surface area contributed by atoms with E-state index in [1.54, 1.807) is 0 Å². The lowest BCUT2D eigenvalue weighted by Crippen LogP contribution is -2.29. The molecule has 1 saturated heterocycles. The molecule has 72 valence electrons. The van der Waals surface area contributed by atoms with Gasteiger partial charge in [-0.2, -0.15) is 0 Å². The van der Waals surface area contributed by atoms with Crippen LogP contribution in [-0.4, -0.2) is 38.1 Å². The van der Waals surface area contributed by atoms with E-state index in [2.05, 4.69) is 24.2 Å². The Balaban J connectivity index is 2.23. The molecule has 0 spiro atoms. The quantitative estimate of drug-likeness (QED) is 0.590. The largest absolute Gasteiger partial charge is 0.316 e. The summed E-state index contributed by atoms with van der Waals surface area (Å²) in [6.45, 7) is 7.28. The number of nitrogens with zero attached hydrogens (tertiary/aromatic N) is 1. The molecule has 0 amide bonds. The molecule has 0 saturated carbocycles. The summed E-state index contributed by atoms with van der Waals surface area (Å²) in [6.07, 6.45) is 4.01. The van der Waals surface area contributed by atoms with Crippen molar-refractivity contribution in [1.82, 2.24) is 10.2 Å². The first kappa shape index (κ1) is 10.0. The first-order chi connectivity index (χ1) is 5.79. The van der Waals surface area contributed by atoms with Crippen molar-refractivity contribution in [1.29, 1.82) is 0 Å². The van der Waals surface area contributed by atoms with Crippen molar-refractivity contribution < 1.29 is 0 Å². The maximum atomic E-state index is 3.50. The Hall–Kier alpha value is -0.0800. The van der Waals surface area contributed by atoms with Crippen LogP contribution in [-0.2, 0) is 0 Å². The summed E-state index contributed by atoms with van der Waals surface area (Å²) in [5, 5.41) is 3.50. The van der Waals surface area contributed by atoms with Crippen molar-refractivity contribution in [3.8, 4) is 0 Å². The molecule has 2 heteroatoms. The summed E-state index contributed by atoms with van der Waals surface area (Å²) in [5.74, 6) is 0.838. The number of hydrogen-bond acceptors (Lipinski definition) is 2. The smallest absolute Gasteiger partial charge is 0.00188 e. The zero-order valence-corrected chi connectivity index (χ0v) is 8.47. The Bertz CT molecular complexity index is 100. The topological polar surface area (TPSA) is 15.3 Å². The third kappa shape index (κ3) is 4.07. The van der Waals surface area contributed by atoms with Crippen molar-refractivity contribution >= 4 is 0 Å². The van der Waals surface area contributed by atoms with Crippen molar-refractivity contribution in [3.63, 3.8) is 0 Å². The highest BCUT2D eigenvalue weighted by molar-refractivity contribution is 4.63. The van der Waals surface area contributed by atoms with E-state index >= 15 is 0 Å². The predicted octanol–water partition coefficient (Wildman–Crippen LogP) is 1.33. The molecule has 1 aliphatic rings. The zero-order chi connectivity index (χ0) is 8.81. The highest BCUT2D eigenvalue weighted by Gasteiger charge is 2.06. The van der Waals surface area contributed by atoms with Gasteiger partial charge in [-0.05, 0) is 58.4 Å². The van der Waals surface area contributed by atoms with Gasteiger partial charge in [0.2, 0.25) is 0 Å². The molecule has 1 rings (SSSR count). The molecular weight excluding hydrogens is 148 g/mol. The van der Waals surface area contributed by atoms with Crippen LogP contribution in [0.25, 0.3) is 0 Å². The van der Waals surface area contributed by atoms with E-state index in [4.69, 9.17) is 0 Å². The van der Waals surface area contributed by atoms with Gasteiger partial charge >= 0.3 is 0 Å². The summed E-state index contributed by atoms with van der Waals surface area (Å²) < 4.78 is 0. The van der Waals surface area contributed by atoms with Crippen molar-refractivity contribution in [2.45, 2.75) is 26.2 Å². The molecule has 1 aliphatic heterocycles. The molecular formula is C10H22N2. The Morgan fingerprint density at radius 2 is 2.08 bits per heavy atom. The number of hydrogen-bond donors (Lipinski definition) is 1. The van der Waals surface area contributed by atoms with Crippen molar-refractivity contribution in [2.75, 3.05) is 33.2 Å². The second-order valence-corrected chi connectivity index (χ2v) is 4.11. The van der Waals surface area contributed by atoms with Gasteiger partial charge in [0.05, 0.1) is 0 Å². The van der Waals surface area contributed by atoms with Gasteiger partial charge in [-0.15, -0.1) is 0 Å². The SMILES string of the molecule is CC1CCN(C)CCCCNC1. The lowest BCUT2D eigenvalue weighted by molar-refractivity contribution is 0.285. The number of nitrogens with one attached hydrogen (secondary N) is 1. The minimum atomic E-state index is 0.838. The third-order valence-corrected chi connectivity index (χ3v) is 2.64. The zero-order valence-electron chi connectivity index (χ0n) is 8.47. The van der Waals surface area contributed by atoms with Gasteiger partial charge < -0.3 is 10.2 Å². The monoisotopic (exact) mass is 170 g/mol. The highest BCUT2D eigenvalue weighted by atomic mass is 15.1. The van der Waals surface area contributed by atoms with Gasteiger partial charge in [-0.3, -0.25) is 0 Å². The summed E-state index contributed by atoms with van der Waals surface area (Å²) in [4.78, 5) is 2.46. The summed E-state index contributed by atoms with van der Waals surface area (Å²) in [5.41, 5.74) is 0. The molecule has 2 nitrogen and oxygen atoms in total. The summed E-state index contributed by atoms with van der Waals surface area (Å²) >= 11 is 0. The molecule has 1 unspecified atom stereocenters. The minimum absolute atomic E-state index is 0.838. The molecule has 0 radical (unpaired) electrons. The second kappa shape index (κ2) is 5.55. The summed E-state index contributed by atoms with van der Waals surface area (Å²) in [7, 11) is 2.24. The van der Waals surface area contributed by atoms with Crippen LogP contribution >= 0.6 is 0 Å². The maximum Gasteiger partial charge on any atom is -0.00188 e. The minimum Gasteiger partial charge on any atom is -0.316 e. The standard InChI is InChI=1S/C10H22N2/c1-10-5-8-12(2)7-4-3-6-11-9-10/h10-11H,3-9H2,1-2H3. The van der Waals surface area contributed by atoms with Gasteiger partial charge in [-0.25, -0.2) is 0 Å². The molecule has 1 atom stereocenters. The van der Waals surface area contributed by atoms with Crippen molar-refractivity contribution in [3.05, 3.63) is 0 Å². The Morgan fingerprint density at radius 3 is 2.92 bits per heavy atom. The van der Waals surface area contributed by atoms with E-state index in [9.17, 15) is 0 Å². The molecule has 0 bridgehead atoms. The van der Waals surface area contributed by atoms with E-state index < -0.39 is 0 Å². The Kier molecular flexibility index (Phi) is 4.62. The average Bonchev–Trinajstić information content (AvgIpc) is 2.07. The fraction of sp³-hybridized carbons (Fsp3) is 1.00. The van der Waals surface area contributed by atoms with Crippen LogP contribution in [0, 0.1) is 5.92 Å².